The van der Waals surface area contributed by atoms with E-state index in [4.69, 9.17) is 11.6 Å². The summed E-state index contributed by atoms with van der Waals surface area (Å²) < 4.78 is 0. The molecule has 24 heavy (non-hydrogen) atoms. The number of hydrogen-bond donors (Lipinski definition) is 0. The van der Waals surface area contributed by atoms with Gasteiger partial charge >= 0.3 is 0 Å². The van der Waals surface area contributed by atoms with Crippen molar-refractivity contribution in [3.05, 3.63) is 29.3 Å². The van der Waals surface area contributed by atoms with Crippen LogP contribution in [0.1, 0.15) is 25.7 Å². The van der Waals surface area contributed by atoms with Gasteiger partial charge in [-0.2, -0.15) is 0 Å². The molecule has 1 aromatic carbocycles. The predicted molar refractivity (Wildman–Crippen MR) is 90.7 cm³/mol. The number of aliphatic carboxylic acids is 1. The average molecular weight is 350 g/mol. The fourth-order valence-electron chi connectivity index (χ4n) is 3.78. The lowest BCUT2D eigenvalue weighted by atomic mass is 9.78. The van der Waals surface area contributed by atoms with Crippen LogP contribution < -0.4 is 10.0 Å². The molecule has 1 aromatic rings. The number of carboxylic acid groups (broad SMARTS) is 1. The SMILES string of the molecule is O=C([O-])[C@@H]1CCCC[C@H]1C(=O)N1CCN(c2ccc(Cl)cc2)CC1. The molecule has 0 N–H and O–H groups in total. The van der Waals surface area contributed by atoms with Gasteiger partial charge in [0.05, 0.1) is 0 Å². The first kappa shape index (κ1) is 17.1. The van der Waals surface area contributed by atoms with Crippen LogP contribution in [0.3, 0.4) is 0 Å². The molecule has 0 unspecified atom stereocenters. The van der Waals surface area contributed by atoms with Gasteiger partial charge in [-0.3, -0.25) is 4.79 Å². The minimum atomic E-state index is -1.08. The third-order valence-electron chi connectivity index (χ3n) is 5.17. The van der Waals surface area contributed by atoms with E-state index < -0.39 is 17.8 Å². The molecule has 0 radical (unpaired) electrons. The van der Waals surface area contributed by atoms with E-state index in [2.05, 4.69) is 4.90 Å². The molecule has 1 heterocycles. The fourth-order valence-corrected chi connectivity index (χ4v) is 3.91. The van der Waals surface area contributed by atoms with Crippen LogP contribution in [0.25, 0.3) is 0 Å². The van der Waals surface area contributed by atoms with Gasteiger partial charge in [0.15, 0.2) is 0 Å². The van der Waals surface area contributed by atoms with Crippen LogP contribution >= 0.6 is 11.6 Å². The predicted octanol–water partition coefficient (Wildman–Crippen LogP) is 1.54. The van der Waals surface area contributed by atoms with Crippen molar-refractivity contribution in [1.29, 1.82) is 0 Å². The monoisotopic (exact) mass is 349 g/mol. The van der Waals surface area contributed by atoms with Crippen LogP contribution in [0.5, 0.6) is 0 Å². The van der Waals surface area contributed by atoms with E-state index in [-0.39, 0.29) is 5.91 Å². The summed E-state index contributed by atoms with van der Waals surface area (Å²) in [4.78, 5) is 28.1. The van der Waals surface area contributed by atoms with Crippen molar-refractivity contribution in [2.45, 2.75) is 25.7 Å². The lowest BCUT2D eigenvalue weighted by Gasteiger charge is -2.40. The third-order valence-corrected chi connectivity index (χ3v) is 5.42. The zero-order valence-electron chi connectivity index (χ0n) is 13.6. The van der Waals surface area contributed by atoms with Gasteiger partial charge in [-0.05, 0) is 37.1 Å². The summed E-state index contributed by atoms with van der Waals surface area (Å²) in [5.74, 6) is -2.13. The van der Waals surface area contributed by atoms with Gasteiger partial charge in [-0.15, -0.1) is 0 Å². The highest BCUT2D eigenvalue weighted by molar-refractivity contribution is 6.30. The van der Waals surface area contributed by atoms with Crippen molar-refractivity contribution in [2.75, 3.05) is 31.1 Å². The maximum Gasteiger partial charge on any atom is 0.226 e. The molecule has 2 aliphatic rings. The topological polar surface area (TPSA) is 63.7 Å². The molecule has 2 fully saturated rings. The van der Waals surface area contributed by atoms with Crippen molar-refractivity contribution >= 4 is 29.2 Å². The van der Waals surface area contributed by atoms with Crippen LogP contribution in [0.4, 0.5) is 5.69 Å². The Kier molecular flexibility index (Phi) is 5.29. The summed E-state index contributed by atoms with van der Waals surface area (Å²) >= 11 is 5.92. The smallest absolute Gasteiger partial charge is 0.226 e. The Bertz CT molecular complexity index is 597. The van der Waals surface area contributed by atoms with Crippen molar-refractivity contribution in [3.8, 4) is 0 Å². The van der Waals surface area contributed by atoms with Crippen LogP contribution in [0.2, 0.25) is 5.02 Å². The number of benzene rings is 1. The van der Waals surface area contributed by atoms with E-state index in [0.29, 0.717) is 31.0 Å². The minimum absolute atomic E-state index is 0.0142. The van der Waals surface area contributed by atoms with Crippen molar-refractivity contribution in [3.63, 3.8) is 0 Å². The third kappa shape index (κ3) is 3.66. The number of carbonyl (C=O) groups is 2. The van der Waals surface area contributed by atoms with Crippen LogP contribution in [-0.4, -0.2) is 43.0 Å². The minimum Gasteiger partial charge on any atom is -0.550 e. The summed E-state index contributed by atoms with van der Waals surface area (Å²) in [6, 6.07) is 7.68. The Morgan fingerprint density at radius 2 is 1.54 bits per heavy atom. The average Bonchev–Trinajstić information content (AvgIpc) is 2.62. The molecule has 0 spiro atoms. The summed E-state index contributed by atoms with van der Waals surface area (Å²) in [5, 5.41) is 12.0. The molecular formula is C18H22ClN2O3-. The van der Waals surface area contributed by atoms with Gasteiger partial charge in [0.1, 0.15) is 0 Å². The number of amides is 1. The molecule has 1 aliphatic carbocycles. The maximum absolute atomic E-state index is 12.8. The summed E-state index contributed by atoms with van der Waals surface area (Å²) in [6.07, 6.45) is 3.01. The van der Waals surface area contributed by atoms with E-state index in [1.165, 1.54) is 0 Å². The molecular weight excluding hydrogens is 328 g/mol. The van der Waals surface area contributed by atoms with E-state index in [9.17, 15) is 14.7 Å². The van der Waals surface area contributed by atoms with Gasteiger partial charge in [-0.1, -0.05) is 24.4 Å². The molecule has 130 valence electrons. The molecule has 1 aliphatic heterocycles. The zero-order chi connectivity index (χ0) is 17.1. The van der Waals surface area contributed by atoms with Gasteiger partial charge in [0.2, 0.25) is 5.91 Å². The number of anilines is 1. The molecule has 2 atom stereocenters. The van der Waals surface area contributed by atoms with E-state index in [1.807, 2.05) is 29.2 Å². The highest BCUT2D eigenvalue weighted by atomic mass is 35.5. The van der Waals surface area contributed by atoms with Crippen molar-refractivity contribution < 1.29 is 14.7 Å². The second-order valence-electron chi connectivity index (χ2n) is 6.61. The van der Waals surface area contributed by atoms with E-state index in [0.717, 1.165) is 31.6 Å². The number of halogens is 1. The van der Waals surface area contributed by atoms with Gasteiger partial charge in [0, 0.05) is 54.7 Å². The number of nitrogens with zero attached hydrogens (tertiary/aromatic N) is 2. The number of hydrogen-bond acceptors (Lipinski definition) is 4. The first-order chi connectivity index (χ1) is 11.6. The lowest BCUT2D eigenvalue weighted by Crippen LogP contribution is -2.53. The van der Waals surface area contributed by atoms with Crippen LogP contribution in [0.15, 0.2) is 24.3 Å². The molecule has 3 rings (SSSR count). The van der Waals surface area contributed by atoms with E-state index >= 15 is 0 Å². The van der Waals surface area contributed by atoms with Crippen molar-refractivity contribution in [2.24, 2.45) is 11.8 Å². The Balaban J connectivity index is 1.60. The Morgan fingerprint density at radius 1 is 0.958 bits per heavy atom. The van der Waals surface area contributed by atoms with Gasteiger partial charge in [0.25, 0.3) is 0 Å². The highest BCUT2D eigenvalue weighted by Gasteiger charge is 2.35. The quantitative estimate of drug-likeness (QED) is 0.830. The number of rotatable bonds is 3. The van der Waals surface area contributed by atoms with Gasteiger partial charge < -0.3 is 19.7 Å². The van der Waals surface area contributed by atoms with Crippen molar-refractivity contribution in [1.82, 2.24) is 4.90 Å². The molecule has 0 bridgehead atoms. The highest BCUT2D eigenvalue weighted by Crippen LogP contribution is 2.31. The summed E-state index contributed by atoms with van der Waals surface area (Å²) in [7, 11) is 0. The molecule has 5 nitrogen and oxygen atoms in total. The normalized spacial score (nSPS) is 24.7. The second-order valence-corrected chi connectivity index (χ2v) is 7.04. The fraction of sp³-hybridized carbons (Fsp3) is 0.556. The number of carboxylic acids is 1. The molecule has 0 aromatic heterocycles. The number of piperazine rings is 1. The first-order valence-corrected chi connectivity index (χ1v) is 8.94. The Hall–Kier alpha value is -1.75. The molecule has 1 saturated carbocycles. The summed E-state index contributed by atoms with van der Waals surface area (Å²) in [6.45, 7) is 2.74. The Labute approximate surface area is 147 Å². The maximum atomic E-state index is 12.8. The molecule has 1 amide bonds. The Morgan fingerprint density at radius 3 is 2.12 bits per heavy atom. The summed E-state index contributed by atoms with van der Waals surface area (Å²) in [5.41, 5.74) is 1.09. The van der Waals surface area contributed by atoms with Crippen LogP contribution in [-0.2, 0) is 9.59 Å². The molecule has 6 heteroatoms. The number of carbonyl (C=O) groups excluding carboxylic acids is 2. The standard InChI is InChI=1S/C18H23ClN2O3/c19-13-5-7-14(8-6-13)20-9-11-21(12-10-20)17(22)15-3-1-2-4-16(15)18(23)24/h5-8,15-16H,1-4,9-12H2,(H,23,24)/p-1/t15-,16-/m1/s1. The molecule has 1 saturated heterocycles. The zero-order valence-corrected chi connectivity index (χ0v) is 14.4. The van der Waals surface area contributed by atoms with Gasteiger partial charge in [-0.25, -0.2) is 0 Å². The van der Waals surface area contributed by atoms with Crippen LogP contribution in [0, 0.1) is 11.8 Å². The second kappa shape index (κ2) is 7.43. The van der Waals surface area contributed by atoms with E-state index in [1.54, 1.807) is 0 Å². The first-order valence-electron chi connectivity index (χ1n) is 8.56. The lowest BCUT2D eigenvalue weighted by molar-refractivity contribution is -0.314. The largest absolute Gasteiger partial charge is 0.550 e.